The highest BCUT2D eigenvalue weighted by Gasteiger charge is 2.23. The zero-order valence-corrected chi connectivity index (χ0v) is 19.0. The number of benzene rings is 1. The van der Waals surface area contributed by atoms with Gasteiger partial charge in [-0.2, -0.15) is 0 Å². The Morgan fingerprint density at radius 3 is 2.79 bits per heavy atom. The number of esters is 1. The fraction of sp³-hybridized carbons (Fsp3) is 0.440. The van der Waals surface area contributed by atoms with Crippen LogP contribution in [0.4, 0.5) is 0 Å². The van der Waals surface area contributed by atoms with Gasteiger partial charge in [-0.15, -0.1) is 0 Å². The summed E-state index contributed by atoms with van der Waals surface area (Å²) in [5.74, 6) is -1.36. The lowest BCUT2D eigenvalue weighted by atomic mass is 10.0. The first-order chi connectivity index (χ1) is 16.0. The molecule has 3 N–H and O–H groups in total. The van der Waals surface area contributed by atoms with E-state index in [1.165, 1.54) is 6.07 Å². The SMILES string of the molecule is CC1CCCCN1C(=O)CON/C1=C\c2cc(O)cc(O)c2C(=O)OCCC=CCCC=C1. The van der Waals surface area contributed by atoms with Gasteiger partial charge in [0.05, 0.1) is 12.3 Å². The number of ether oxygens (including phenoxy) is 1. The second kappa shape index (κ2) is 12.1. The molecule has 1 unspecified atom stereocenters. The Bertz CT molecular complexity index is 937. The fourth-order valence-corrected chi connectivity index (χ4v) is 3.91. The maximum absolute atomic E-state index is 12.6. The Kier molecular flexibility index (Phi) is 8.95. The monoisotopic (exact) mass is 456 g/mol. The van der Waals surface area contributed by atoms with E-state index in [1.54, 1.807) is 12.2 Å². The molecule has 2 aliphatic heterocycles. The van der Waals surface area contributed by atoms with Gasteiger partial charge in [0.15, 0.2) is 6.61 Å². The summed E-state index contributed by atoms with van der Waals surface area (Å²) in [7, 11) is 0. The Morgan fingerprint density at radius 2 is 1.97 bits per heavy atom. The molecule has 0 aliphatic carbocycles. The quantitative estimate of drug-likeness (QED) is 0.359. The molecule has 0 aromatic heterocycles. The number of cyclic esters (lactones) is 1. The van der Waals surface area contributed by atoms with Crippen molar-refractivity contribution in [2.24, 2.45) is 0 Å². The van der Waals surface area contributed by atoms with Crippen LogP contribution >= 0.6 is 0 Å². The van der Waals surface area contributed by atoms with Crippen LogP contribution < -0.4 is 5.48 Å². The molecule has 2 aliphatic rings. The summed E-state index contributed by atoms with van der Waals surface area (Å²) in [6.45, 7) is 2.81. The van der Waals surface area contributed by atoms with Crippen molar-refractivity contribution < 1.29 is 29.4 Å². The molecular weight excluding hydrogens is 424 g/mol. The van der Waals surface area contributed by atoms with Crippen LogP contribution in [0.25, 0.3) is 6.08 Å². The van der Waals surface area contributed by atoms with E-state index in [2.05, 4.69) is 5.48 Å². The number of phenolic OH excluding ortho intramolecular Hbond substituents is 2. The lowest BCUT2D eigenvalue weighted by molar-refractivity contribution is -0.141. The van der Waals surface area contributed by atoms with E-state index >= 15 is 0 Å². The second-order valence-electron chi connectivity index (χ2n) is 8.23. The number of hydrogen-bond acceptors (Lipinski definition) is 7. The molecule has 8 nitrogen and oxygen atoms in total. The van der Waals surface area contributed by atoms with Gasteiger partial charge in [0.1, 0.15) is 17.1 Å². The van der Waals surface area contributed by atoms with Gasteiger partial charge in [-0.3, -0.25) is 15.1 Å². The molecule has 33 heavy (non-hydrogen) atoms. The van der Waals surface area contributed by atoms with Crippen LogP contribution in [0.15, 0.2) is 42.1 Å². The average molecular weight is 457 g/mol. The number of hydroxylamine groups is 1. The lowest BCUT2D eigenvalue weighted by Crippen LogP contribution is -2.44. The predicted octanol–water partition coefficient (Wildman–Crippen LogP) is 3.81. The zero-order chi connectivity index (χ0) is 23.6. The Labute approximate surface area is 194 Å². The zero-order valence-electron chi connectivity index (χ0n) is 19.0. The van der Waals surface area contributed by atoms with Crippen LogP contribution in [-0.4, -0.2) is 52.8 Å². The Balaban J connectivity index is 1.80. The largest absolute Gasteiger partial charge is 0.508 e. The first-order valence-electron chi connectivity index (χ1n) is 11.4. The minimum atomic E-state index is -0.692. The second-order valence-corrected chi connectivity index (χ2v) is 8.23. The number of nitrogens with zero attached hydrogens (tertiary/aromatic N) is 1. The number of rotatable bonds is 4. The van der Waals surface area contributed by atoms with Crippen LogP contribution in [-0.2, 0) is 14.4 Å². The molecule has 1 fully saturated rings. The van der Waals surface area contributed by atoms with Crippen molar-refractivity contribution in [1.29, 1.82) is 0 Å². The van der Waals surface area contributed by atoms with Crippen molar-refractivity contribution >= 4 is 18.0 Å². The minimum absolute atomic E-state index is 0.0558. The third-order valence-corrected chi connectivity index (χ3v) is 5.64. The fourth-order valence-electron chi connectivity index (χ4n) is 3.91. The first kappa shape index (κ1) is 24.4. The van der Waals surface area contributed by atoms with Crippen molar-refractivity contribution in [3.63, 3.8) is 0 Å². The number of aromatic hydroxyl groups is 2. The van der Waals surface area contributed by atoms with Crippen molar-refractivity contribution in [1.82, 2.24) is 10.4 Å². The predicted molar refractivity (Wildman–Crippen MR) is 124 cm³/mol. The highest BCUT2D eigenvalue weighted by Crippen LogP contribution is 2.30. The summed E-state index contributed by atoms with van der Waals surface area (Å²) in [4.78, 5) is 32.5. The van der Waals surface area contributed by atoms with Crippen molar-refractivity contribution in [2.75, 3.05) is 19.8 Å². The van der Waals surface area contributed by atoms with E-state index in [9.17, 15) is 19.8 Å². The maximum atomic E-state index is 12.6. The molecule has 1 aromatic rings. The van der Waals surface area contributed by atoms with Crippen molar-refractivity contribution in [2.45, 2.75) is 51.5 Å². The van der Waals surface area contributed by atoms with Gasteiger partial charge in [-0.1, -0.05) is 18.2 Å². The van der Waals surface area contributed by atoms with Gasteiger partial charge in [0.25, 0.3) is 5.91 Å². The average Bonchev–Trinajstić information content (AvgIpc) is 2.77. The summed E-state index contributed by atoms with van der Waals surface area (Å²) in [5, 5.41) is 20.3. The van der Waals surface area contributed by atoms with Gasteiger partial charge in [-0.05, 0) is 69.2 Å². The van der Waals surface area contributed by atoms with E-state index in [0.717, 1.165) is 44.7 Å². The molecule has 0 spiro atoms. The number of allylic oxidation sites excluding steroid dienone is 3. The third-order valence-electron chi connectivity index (χ3n) is 5.64. The normalized spacial score (nSPS) is 21.4. The first-order valence-corrected chi connectivity index (χ1v) is 11.4. The summed E-state index contributed by atoms with van der Waals surface area (Å²) in [5.41, 5.74) is 3.43. The van der Waals surface area contributed by atoms with E-state index in [1.807, 2.05) is 30.1 Å². The number of piperidine rings is 1. The summed E-state index contributed by atoms with van der Waals surface area (Å²) < 4.78 is 5.28. The number of amides is 1. The molecule has 8 heteroatoms. The number of likely N-dealkylation sites (tertiary alicyclic amines) is 1. The van der Waals surface area contributed by atoms with Gasteiger partial charge in [0, 0.05) is 18.7 Å². The number of phenols is 2. The topological polar surface area (TPSA) is 108 Å². The van der Waals surface area contributed by atoms with Crippen LogP contribution in [0.1, 0.15) is 61.4 Å². The highest BCUT2D eigenvalue weighted by molar-refractivity contribution is 5.97. The summed E-state index contributed by atoms with van der Waals surface area (Å²) >= 11 is 0. The van der Waals surface area contributed by atoms with Gasteiger partial charge >= 0.3 is 5.97 Å². The van der Waals surface area contributed by atoms with Gasteiger partial charge in [-0.25, -0.2) is 4.79 Å². The summed E-state index contributed by atoms with van der Waals surface area (Å²) in [6, 6.07) is 2.65. The number of nitrogens with one attached hydrogen (secondary N) is 1. The third kappa shape index (κ3) is 7.12. The number of carbonyl (C=O) groups excluding carboxylic acids is 2. The van der Waals surface area contributed by atoms with Crippen LogP contribution in [0.3, 0.4) is 0 Å². The molecule has 1 saturated heterocycles. The lowest BCUT2D eigenvalue weighted by Gasteiger charge is -2.33. The molecule has 0 bridgehead atoms. The van der Waals surface area contributed by atoms with E-state index in [-0.39, 0.29) is 47.8 Å². The van der Waals surface area contributed by atoms with E-state index in [4.69, 9.17) is 9.57 Å². The minimum Gasteiger partial charge on any atom is -0.508 e. The molecule has 3 rings (SSSR count). The summed E-state index contributed by atoms with van der Waals surface area (Å²) in [6.07, 6.45) is 14.5. The molecule has 2 heterocycles. The molecule has 0 saturated carbocycles. The maximum Gasteiger partial charge on any atom is 0.342 e. The molecule has 0 radical (unpaired) electrons. The molecule has 1 amide bonds. The van der Waals surface area contributed by atoms with Crippen molar-refractivity contribution in [3.05, 3.63) is 53.3 Å². The smallest absolute Gasteiger partial charge is 0.342 e. The molecule has 178 valence electrons. The van der Waals surface area contributed by atoms with Gasteiger partial charge < -0.3 is 19.8 Å². The van der Waals surface area contributed by atoms with Gasteiger partial charge in [0.2, 0.25) is 0 Å². The van der Waals surface area contributed by atoms with E-state index in [0.29, 0.717) is 12.1 Å². The number of hydrogen-bond donors (Lipinski definition) is 3. The van der Waals surface area contributed by atoms with Crippen LogP contribution in [0.2, 0.25) is 0 Å². The number of fused-ring (bicyclic) bond motifs is 1. The molecule has 1 aromatic carbocycles. The number of carbonyl (C=O) groups is 2. The van der Waals surface area contributed by atoms with E-state index < -0.39 is 5.97 Å². The Hall–Kier alpha value is -3.26. The van der Waals surface area contributed by atoms with Crippen LogP contribution in [0, 0.1) is 0 Å². The van der Waals surface area contributed by atoms with Crippen molar-refractivity contribution in [3.8, 4) is 11.5 Å². The highest BCUT2D eigenvalue weighted by atomic mass is 16.6. The van der Waals surface area contributed by atoms with Crippen LogP contribution in [0.5, 0.6) is 11.5 Å². The standard InChI is InChI=1S/C25H32N2O6/c1-18-10-7-8-12-27(18)23(30)17-33-26-20-11-6-4-2-3-5-9-13-32-25(31)24-19(14-20)15-21(28)16-22(24)29/h3,5-6,11,14-16,18,26,28-29H,2,4,7-10,12-13,17H2,1H3/b5-3?,11-6?,20-14-. The molecular formula is C25H32N2O6. The molecule has 1 atom stereocenters. The Morgan fingerprint density at radius 1 is 1.18 bits per heavy atom.